The van der Waals surface area contributed by atoms with E-state index in [1.54, 1.807) is 0 Å². The van der Waals surface area contributed by atoms with Crippen LogP contribution in [0, 0.1) is 0 Å². The molecule has 0 rings (SSSR count). The number of carboxylic acid groups (broad SMARTS) is 1. The van der Waals surface area contributed by atoms with Crippen LogP contribution in [0.15, 0.2) is 60.8 Å². The summed E-state index contributed by atoms with van der Waals surface area (Å²) < 4.78 is 17.1. The fourth-order valence-corrected chi connectivity index (χ4v) is 4.54. The van der Waals surface area contributed by atoms with Crippen LogP contribution in [-0.4, -0.2) is 80.6 Å². The number of ether oxygens (including phenoxy) is 3. The Morgan fingerprint density at radius 1 is 0.674 bits per heavy atom. The van der Waals surface area contributed by atoms with Crippen molar-refractivity contribution in [2.45, 2.75) is 122 Å². The first-order valence-electron chi connectivity index (χ1n) is 17.4. The molecule has 0 aromatic heterocycles. The molecule has 0 aliphatic carbocycles. The first-order chi connectivity index (χ1) is 22.1. The molecule has 0 heterocycles. The Balaban J connectivity index is 4.56. The van der Waals surface area contributed by atoms with E-state index in [4.69, 9.17) is 14.2 Å². The largest absolute Gasteiger partial charge is 0.477 e. The third-order valence-electron chi connectivity index (χ3n) is 7.22. The van der Waals surface area contributed by atoms with Crippen LogP contribution in [0.4, 0.5) is 0 Å². The van der Waals surface area contributed by atoms with Crippen molar-refractivity contribution in [2.24, 2.45) is 0 Å². The Hall–Kier alpha value is -2.97. The summed E-state index contributed by atoms with van der Waals surface area (Å²) in [6, 6.07) is -0.623. The van der Waals surface area contributed by atoms with Crippen LogP contribution in [0.3, 0.4) is 0 Å². The third-order valence-corrected chi connectivity index (χ3v) is 7.22. The fraction of sp³-hybridized carbons (Fsp3) is 0.658. The smallest absolute Gasteiger partial charge is 0.362 e. The van der Waals surface area contributed by atoms with E-state index in [1.807, 2.05) is 33.3 Å². The summed E-state index contributed by atoms with van der Waals surface area (Å²) in [7, 11) is 5.48. The van der Waals surface area contributed by atoms with Crippen molar-refractivity contribution in [3.63, 3.8) is 0 Å². The quantitative estimate of drug-likeness (QED) is 0.0287. The molecule has 0 spiro atoms. The maximum atomic E-state index is 12.6. The SMILES string of the molecule is CC/C=C/C=C/C=C/CCCCCCCC(=O)OC(COCCC(C(=O)O)[N+](C)(C)C)COC(=O)CCCC/C=C/C/C=C/CC. The van der Waals surface area contributed by atoms with Crippen molar-refractivity contribution in [3.8, 4) is 0 Å². The van der Waals surface area contributed by atoms with Crippen LogP contribution in [0.25, 0.3) is 0 Å². The summed E-state index contributed by atoms with van der Waals surface area (Å²) >= 11 is 0. The van der Waals surface area contributed by atoms with Gasteiger partial charge in [-0.25, -0.2) is 4.79 Å². The highest BCUT2D eigenvalue weighted by Gasteiger charge is 2.31. The molecule has 0 saturated heterocycles. The second kappa shape index (κ2) is 29.4. The van der Waals surface area contributed by atoms with Gasteiger partial charge < -0.3 is 23.8 Å². The molecule has 0 aromatic carbocycles. The van der Waals surface area contributed by atoms with Crippen LogP contribution < -0.4 is 0 Å². The fourth-order valence-electron chi connectivity index (χ4n) is 4.54. The van der Waals surface area contributed by atoms with Crippen LogP contribution in [0.5, 0.6) is 0 Å². The number of esters is 2. The lowest BCUT2D eigenvalue weighted by Crippen LogP contribution is -2.50. The van der Waals surface area contributed by atoms with Crippen molar-refractivity contribution in [1.82, 2.24) is 0 Å². The van der Waals surface area contributed by atoms with Crippen LogP contribution in [0.2, 0.25) is 0 Å². The number of likely N-dealkylation sites (N-methyl/N-ethyl adjacent to an activating group) is 1. The van der Waals surface area contributed by atoms with Crippen molar-refractivity contribution in [1.29, 1.82) is 0 Å². The third kappa shape index (κ3) is 27.3. The van der Waals surface area contributed by atoms with E-state index in [2.05, 4.69) is 62.5 Å². The first kappa shape index (κ1) is 43.0. The Kier molecular flexibility index (Phi) is 27.5. The van der Waals surface area contributed by atoms with Crippen molar-refractivity contribution in [3.05, 3.63) is 60.8 Å². The molecule has 0 aromatic rings. The molecule has 0 radical (unpaired) electrons. The maximum absolute atomic E-state index is 12.6. The van der Waals surface area contributed by atoms with Gasteiger partial charge in [0, 0.05) is 19.3 Å². The maximum Gasteiger partial charge on any atom is 0.362 e. The topological polar surface area (TPSA) is 99.1 Å². The molecule has 262 valence electrons. The van der Waals surface area contributed by atoms with E-state index in [-0.39, 0.29) is 36.2 Å². The number of unbranched alkanes of at least 4 members (excludes halogenated alkanes) is 7. The van der Waals surface area contributed by atoms with E-state index in [9.17, 15) is 19.5 Å². The van der Waals surface area contributed by atoms with Gasteiger partial charge >= 0.3 is 17.9 Å². The summed E-state index contributed by atoms with van der Waals surface area (Å²) in [5, 5.41) is 9.55. The molecular formula is C38H64NO7+. The molecule has 1 N–H and O–H groups in total. The molecule has 0 saturated carbocycles. The zero-order valence-electron chi connectivity index (χ0n) is 29.5. The summed E-state index contributed by atoms with van der Waals surface area (Å²) in [6.07, 6.45) is 32.8. The lowest BCUT2D eigenvalue weighted by Gasteiger charge is -2.31. The number of carbonyl (C=O) groups excluding carboxylic acids is 2. The summed E-state index contributed by atoms with van der Waals surface area (Å²) in [4.78, 5) is 36.6. The Labute approximate surface area is 279 Å². The molecule has 0 fully saturated rings. The molecule has 0 aliphatic heterocycles. The first-order valence-corrected chi connectivity index (χ1v) is 17.4. The van der Waals surface area contributed by atoms with Gasteiger partial charge in [-0.3, -0.25) is 9.59 Å². The predicted octanol–water partition coefficient (Wildman–Crippen LogP) is 8.29. The minimum Gasteiger partial charge on any atom is -0.477 e. The lowest BCUT2D eigenvalue weighted by atomic mass is 10.1. The van der Waals surface area contributed by atoms with Gasteiger partial charge in [0.2, 0.25) is 0 Å². The highest BCUT2D eigenvalue weighted by molar-refractivity contribution is 5.72. The van der Waals surface area contributed by atoms with E-state index in [0.717, 1.165) is 77.0 Å². The Morgan fingerprint density at radius 3 is 1.96 bits per heavy atom. The van der Waals surface area contributed by atoms with E-state index < -0.39 is 18.1 Å². The number of carbonyl (C=O) groups is 3. The number of nitrogens with zero attached hydrogens (tertiary/aromatic N) is 1. The number of carboxylic acids is 1. The molecule has 0 bridgehead atoms. The zero-order chi connectivity index (χ0) is 34.3. The van der Waals surface area contributed by atoms with Crippen LogP contribution in [-0.2, 0) is 28.6 Å². The highest BCUT2D eigenvalue weighted by Crippen LogP contribution is 2.12. The predicted molar refractivity (Wildman–Crippen MR) is 187 cm³/mol. The normalized spacial score (nSPS) is 13.8. The monoisotopic (exact) mass is 646 g/mol. The molecule has 2 atom stereocenters. The van der Waals surface area contributed by atoms with Gasteiger partial charge in [0.25, 0.3) is 0 Å². The second-order valence-electron chi connectivity index (χ2n) is 12.4. The minimum absolute atomic E-state index is 0.0391. The molecule has 46 heavy (non-hydrogen) atoms. The lowest BCUT2D eigenvalue weighted by molar-refractivity contribution is -0.887. The van der Waals surface area contributed by atoms with Gasteiger partial charge in [-0.05, 0) is 57.8 Å². The minimum atomic E-state index is -0.888. The molecule has 8 heteroatoms. The number of allylic oxidation sites excluding steroid dienone is 10. The summed E-state index contributed by atoms with van der Waals surface area (Å²) in [6.45, 7) is 4.38. The van der Waals surface area contributed by atoms with Gasteiger partial charge in [0.1, 0.15) is 6.61 Å². The molecule has 0 amide bonds. The van der Waals surface area contributed by atoms with Gasteiger partial charge in [0.05, 0.1) is 34.4 Å². The number of aliphatic carboxylic acids is 1. The molecule has 0 aliphatic rings. The molecule has 2 unspecified atom stereocenters. The average Bonchev–Trinajstić information content (AvgIpc) is 3.00. The van der Waals surface area contributed by atoms with Crippen molar-refractivity contribution < 1.29 is 38.2 Å². The molecular weight excluding hydrogens is 582 g/mol. The van der Waals surface area contributed by atoms with E-state index >= 15 is 0 Å². The zero-order valence-corrected chi connectivity index (χ0v) is 29.5. The Morgan fingerprint density at radius 2 is 1.26 bits per heavy atom. The van der Waals surface area contributed by atoms with Gasteiger partial charge in [-0.15, -0.1) is 0 Å². The van der Waals surface area contributed by atoms with Crippen LogP contribution >= 0.6 is 0 Å². The number of hydrogen-bond acceptors (Lipinski definition) is 6. The summed E-state index contributed by atoms with van der Waals surface area (Å²) in [5.41, 5.74) is 0. The number of hydrogen-bond donors (Lipinski definition) is 1. The van der Waals surface area contributed by atoms with Gasteiger partial charge in [-0.2, -0.15) is 0 Å². The highest BCUT2D eigenvalue weighted by atomic mass is 16.6. The second-order valence-corrected chi connectivity index (χ2v) is 12.4. The van der Waals surface area contributed by atoms with E-state index in [1.165, 1.54) is 0 Å². The Bertz CT molecular complexity index is 943. The van der Waals surface area contributed by atoms with Gasteiger partial charge in [-0.1, -0.05) is 93.9 Å². The van der Waals surface area contributed by atoms with Crippen molar-refractivity contribution >= 4 is 17.9 Å². The average molecular weight is 647 g/mol. The standard InChI is InChI=1S/C38H63NO7/c1-6-8-10-12-14-16-17-18-19-21-23-25-27-29-37(41)46-34(32-44-31-30-35(38(42)43)39(3,4)5)33-45-36(40)28-26-24-22-20-15-13-11-9-7-2/h8-12,14-17,20,34-35H,6-7,13,18-19,21-33H2,1-5H3/p+1/b10-8+,11-9+,14-12+,17-16+,20-15+. The van der Waals surface area contributed by atoms with E-state index in [0.29, 0.717) is 19.3 Å². The number of quaternary nitrogens is 1. The molecule has 8 nitrogen and oxygen atoms in total. The number of rotatable bonds is 29. The van der Waals surface area contributed by atoms with Gasteiger partial charge in [0.15, 0.2) is 12.1 Å². The van der Waals surface area contributed by atoms with Crippen LogP contribution in [0.1, 0.15) is 110 Å². The van der Waals surface area contributed by atoms with Crippen molar-refractivity contribution in [2.75, 3.05) is 41.0 Å². The summed E-state index contributed by atoms with van der Waals surface area (Å²) in [5.74, 6) is -1.56.